The van der Waals surface area contributed by atoms with Crippen LogP contribution in [-0.4, -0.2) is 52.9 Å². The number of benzene rings is 3. The van der Waals surface area contributed by atoms with Crippen LogP contribution in [0.5, 0.6) is 0 Å². The molecule has 0 bridgehead atoms. The van der Waals surface area contributed by atoms with E-state index in [1.807, 2.05) is 60.7 Å². The van der Waals surface area contributed by atoms with E-state index in [0.717, 1.165) is 42.3 Å². The van der Waals surface area contributed by atoms with Gasteiger partial charge in [0.25, 0.3) is 11.8 Å². The molecular weight excluding hydrogens is 771 g/mol. The quantitative estimate of drug-likeness (QED) is 0.148. The standard InChI is InChI=1S/C40H23N7O6S3/c1-21-25(17-41)37(48)47(40(51)53-20-23-12-6-3-7-13-23)38(49)30(21)43-26-18-42-32(33-31(26)44-56-45-33)29-16-27-35(55-29)36-34(24-14-8-9-15-28(24)54-36)46(27)39(50)52-19-22-10-4-2-5-11-22/h2-16,18H,19-20H2,1H3. The van der Waals surface area contributed by atoms with Gasteiger partial charge in [-0.25, -0.2) is 19.1 Å². The number of aliphatic imine (C=N–C) groups is 1. The third-order valence-corrected chi connectivity index (χ3v) is 12.1. The number of imide groups is 3. The Morgan fingerprint density at radius 3 is 2.20 bits per heavy atom. The number of ether oxygens (including phenoxy) is 2. The van der Waals surface area contributed by atoms with Gasteiger partial charge in [0.15, 0.2) is 0 Å². The molecule has 16 heteroatoms. The molecule has 0 saturated heterocycles. The average Bonchev–Trinajstić information content (AvgIpc) is 4.01. The highest BCUT2D eigenvalue weighted by Gasteiger charge is 2.42. The van der Waals surface area contributed by atoms with Gasteiger partial charge in [-0.2, -0.15) is 18.9 Å². The molecule has 56 heavy (non-hydrogen) atoms. The maximum Gasteiger partial charge on any atom is 0.424 e. The SMILES string of the molecule is CC1=C(C#N)C(=O)N(C(=O)OCc2ccccc2)C(=O)C1=Nc1cnc(-c2cc3c(s2)c2sc4ccccc4c2n3C(=O)OCc2ccccc2)c2nsnc12. The van der Waals surface area contributed by atoms with E-state index in [4.69, 9.17) is 14.5 Å². The van der Waals surface area contributed by atoms with Gasteiger partial charge in [-0.3, -0.25) is 14.6 Å². The van der Waals surface area contributed by atoms with Crippen LogP contribution >= 0.6 is 34.4 Å². The molecule has 0 saturated carbocycles. The highest BCUT2D eigenvalue weighted by atomic mass is 32.1. The molecule has 0 aliphatic carbocycles. The van der Waals surface area contributed by atoms with Crippen molar-refractivity contribution in [2.45, 2.75) is 20.1 Å². The topological polar surface area (TPSA) is 170 Å². The van der Waals surface area contributed by atoms with Crippen LogP contribution in [0.25, 0.3) is 52.1 Å². The van der Waals surface area contributed by atoms with Crippen LogP contribution in [0.2, 0.25) is 0 Å². The lowest BCUT2D eigenvalue weighted by Crippen LogP contribution is -2.50. The molecule has 3 amide bonds. The van der Waals surface area contributed by atoms with Gasteiger partial charge in [0.2, 0.25) is 0 Å². The predicted octanol–water partition coefficient (Wildman–Crippen LogP) is 8.94. The van der Waals surface area contributed by atoms with Crippen molar-refractivity contribution in [3.63, 3.8) is 0 Å². The summed E-state index contributed by atoms with van der Waals surface area (Å²) in [6.07, 6.45) is -0.346. The maximum atomic E-state index is 13.9. The van der Waals surface area contributed by atoms with Gasteiger partial charge in [0.1, 0.15) is 53.0 Å². The van der Waals surface area contributed by atoms with Gasteiger partial charge in [-0.1, -0.05) is 78.9 Å². The monoisotopic (exact) mass is 793 g/mol. The highest BCUT2D eigenvalue weighted by Crippen LogP contribution is 2.47. The van der Waals surface area contributed by atoms with Crippen molar-refractivity contribution in [1.29, 1.82) is 5.26 Å². The number of hydrogen-bond acceptors (Lipinski definition) is 14. The van der Waals surface area contributed by atoms with Crippen molar-refractivity contribution in [3.8, 4) is 16.6 Å². The molecule has 0 radical (unpaired) electrons. The molecule has 6 heterocycles. The van der Waals surface area contributed by atoms with E-state index in [1.54, 1.807) is 52.3 Å². The first-order chi connectivity index (χ1) is 27.3. The summed E-state index contributed by atoms with van der Waals surface area (Å²) in [4.78, 5) is 64.1. The van der Waals surface area contributed by atoms with Gasteiger partial charge >= 0.3 is 12.2 Å². The Morgan fingerprint density at radius 1 is 0.821 bits per heavy atom. The molecule has 0 spiro atoms. The van der Waals surface area contributed by atoms with Gasteiger partial charge in [-0.05, 0) is 30.2 Å². The normalized spacial score (nSPS) is 14.1. The molecule has 0 fully saturated rings. The summed E-state index contributed by atoms with van der Waals surface area (Å²) >= 11 is 3.94. The molecule has 3 aromatic carbocycles. The number of nitrogens with zero attached hydrogens (tertiary/aromatic N) is 7. The Morgan fingerprint density at radius 2 is 1.48 bits per heavy atom. The smallest absolute Gasteiger partial charge is 0.424 e. The van der Waals surface area contributed by atoms with Crippen LogP contribution in [0.1, 0.15) is 18.1 Å². The Hall–Kier alpha value is -6.93. The fourth-order valence-electron chi connectivity index (χ4n) is 6.43. The number of aromatic nitrogens is 4. The van der Waals surface area contributed by atoms with Crippen LogP contribution in [0.3, 0.4) is 0 Å². The summed E-state index contributed by atoms with van der Waals surface area (Å²) in [7, 11) is 0. The maximum absolute atomic E-state index is 13.9. The summed E-state index contributed by atoms with van der Waals surface area (Å²) in [5.74, 6) is -2.16. The number of carbonyl (C=O) groups is 4. The fraction of sp³-hybridized carbons (Fsp3) is 0.0750. The molecule has 5 aromatic heterocycles. The van der Waals surface area contributed by atoms with E-state index >= 15 is 0 Å². The van der Waals surface area contributed by atoms with E-state index in [9.17, 15) is 24.4 Å². The Kier molecular flexibility index (Phi) is 8.73. The molecular formula is C40H23N7O6S3. The average molecular weight is 794 g/mol. The summed E-state index contributed by atoms with van der Waals surface area (Å²) in [5, 5.41) is 10.8. The second-order valence-corrected chi connectivity index (χ2v) is 15.1. The minimum atomic E-state index is -1.24. The van der Waals surface area contributed by atoms with Crippen molar-refractivity contribution >= 4 is 111 Å². The van der Waals surface area contributed by atoms with Crippen molar-refractivity contribution in [2.75, 3.05) is 0 Å². The number of nitriles is 1. The van der Waals surface area contributed by atoms with Crippen molar-refractivity contribution in [1.82, 2.24) is 23.2 Å². The molecule has 1 aliphatic heterocycles. The van der Waals surface area contributed by atoms with Gasteiger partial charge in [-0.15, -0.1) is 22.7 Å². The molecule has 0 N–H and O–H groups in total. The second-order valence-electron chi connectivity index (χ2n) is 12.5. The zero-order valence-corrected chi connectivity index (χ0v) is 31.4. The minimum absolute atomic E-state index is 0.0110. The third-order valence-electron chi connectivity index (χ3n) is 9.13. The fourth-order valence-corrected chi connectivity index (χ4v) is 9.46. The summed E-state index contributed by atoms with van der Waals surface area (Å²) in [6, 6.07) is 29.8. The Bertz CT molecular complexity index is 3050. The number of rotatable bonds is 6. The van der Waals surface area contributed by atoms with Crippen LogP contribution in [0, 0.1) is 11.3 Å². The van der Waals surface area contributed by atoms with E-state index in [-0.39, 0.29) is 35.1 Å². The van der Waals surface area contributed by atoms with Gasteiger partial charge < -0.3 is 9.47 Å². The lowest BCUT2D eigenvalue weighted by molar-refractivity contribution is -0.136. The Balaban J connectivity index is 1.10. The zero-order valence-electron chi connectivity index (χ0n) is 29.0. The Labute approximate surface area is 328 Å². The summed E-state index contributed by atoms with van der Waals surface area (Å²) in [6.45, 7) is 1.31. The number of pyridine rings is 1. The van der Waals surface area contributed by atoms with Crippen LogP contribution < -0.4 is 0 Å². The lowest BCUT2D eigenvalue weighted by atomic mass is 9.99. The molecule has 0 unspecified atom stereocenters. The molecule has 0 atom stereocenters. The number of carbonyl (C=O) groups excluding carboxylic acids is 4. The number of hydrogen-bond donors (Lipinski definition) is 0. The first-order valence-corrected chi connectivity index (χ1v) is 19.3. The number of fused-ring (bicyclic) bond motifs is 6. The largest absolute Gasteiger partial charge is 0.444 e. The zero-order chi connectivity index (χ0) is 38.5. The predicted molar refractivity (Wildman–Crippen MR) is 213 cm³/mol. The van der Waals surface area contributed by atoms with Crippen molar-refractivity contribution < 1.29 is 28.7 Å². The molecule has 13 nitrogen and oxygen atoms in total. The van der Waals surface area contributed by atoms with Crippen LogP contribution in [0.15, 0.2) is 113 Å². The molecule has 272 valence electrons. The van der Waals surface area contributed by atoms with E-state index in [0.29, 0.717) is 32.7 Å². The third kappa shape index (κ3) is 5.82. The highest BCUT2D eigenvalue weighted by molar-refractivity contribution is 7.32. The summed E-state index contributed by atoms with van der Waals surface area (Å²) in [5.41, 5.74) is 3.44. The van der Waals surface area contributed by atoms with Crippen LogP contribution in [0.4, 0.5) is 15.3 Å². The molecule has 1 aliphatic rings. The van der Waals surface area contributed by atoms with E-state index in [2.05, 4.69) is 13.7 Å². The molecule has 8 aromatic rings. The van der Waals surface area contributed by atoms with Crippen molar-refractivity contribution in [3.05, 3.63) is 119 Å². The molecule has 9 rings (SSSR count). The second kappa shape index (κ2) is 14.0. The first-order valence-electron chi connectivity index (χ1n) is 16.9. The number of thiophene rings is 2. The first kappa shape index (κ1) is 34.8. The van der Waals surface area contributed by atoms with E-state index in [1.165, 1.54) is 24.5 Å². The van der Waals surface area contributed by atoms with Gasteiger partial charge in [0, 0.05) is 15.7 Å². The lowest BCUT2D eigenvalue weighted by Gasteiger charge is -2.24. The van der Waals surface area contributed by atoms with Crippen molar-refractivity contribution in [2.24, 2.45) is 4.99 Å². The summed E-state index contributed by atoms with van der Waals surface area (Å²) < 4.78 is 24.5. The minimum Gasteiger partial charge on any atom is -0.444 e. The van der Waals surface area contributed by atoms with Gasteiger partial charge in [0.05, 0.1) is 43.2 Å². The number of amides is 3. The van der Waals surface area contributed by atoms with Crippen LogP contribution in [-0.2, 0) is 32.3 Å². The van der Waals surface area contributed by atoms with E-state index < -0.39 is 29.6 Å².